The highest BCUT2D eigenvalue weighted by Crippen LogP contribution is 2.32. The molecule has 0 spiro atoms. The molecule has 26 heavy (non-hydrogen) atoms. The Hall–Kier alpha value is -2.87. The number of hydrogen-bond acceptors (Lipinski definition) is 6. The molecule has 7 nitrogen and oxygen atoms in total. The Morgan fingerprint density at radius 1 is 1.27 bits per heavy atom. The molecule has 0 unspecified atom stereocenters. The Morgan fingerprint density at radius 2 is 2.12 bits per heavy atom. The summed E-state index contributed by atoms with van der Waals surface area (Å²) in [7, 11) is 0. The number of nitrogens with zero attached hydrogens (tertiary/aromatic N) is 5. The van der Waals surface area contributed by atoms with E-state index in [2.05, 4.69) is 28.2 Å². The Balaban J connectivity index is 1.48. The van der Waals surface area contributed by atoms with Crippen LogP contribution in [-0.2, 0) is 11.2 Å². The van der Waals surface area contributed by atoms with Gasteiger partial charge in [0.2, 0.25) is 11.1 Å². The third kappa shape index (κ3) is 2.92. The number of benzene rings is 1. The normalized spacial score (nSPS) is 15.9. The summed E-state index contributed by atoms with van der Waals surface area (Å²) in [6.07, 6.45) is 4.24. The highest BCUT2D eigenvalue weighted by Gasteiger charge is 2.30. The summed E-state index contributed by atoms with van der Waals surface area (Å²) in [6, 6.07) is 11.9. The number of nitrogens with two attached hydrogens (primary N) is 1. The van der Waals surface area contributed by atoms with Gasteiger partial charge in [0.05, 0.1) is 5.75 Å². The number of amides is 1. The van der Waals surface area contributed by atoms with E-state index >= 15 is 0 Å². The molecule has 1 aliphatic rings. The second-order valence-corrected chi connectivity index (χ2v) is 7.09. The molecule has 132 valence electrons. The summed E-state index contributed by atoms with van der Waals surface area (Å²) < 4.78 is 1.40. The van der Waals surface area contributed by atoms with Gasteiger partial charge in [0.1, 0.15) is 0 Å². The maximum absolute atomic E-state index is 12.8. The maximum atomic E-state index is 12.8. The Kier molecular flexibility index (Phi) is 4.34. The first-order chi connectivity index (χ1) is 12.6. The Morgan fingerprint density at radius 3 is 2.92 bits per heavy atom. The van der Waals surface area contributed by atoms with Gasteiger partial charge in [-0.05, 0) is 37.1 Å². The van der Waals surface area contributed by atoms with E-state index in [4.69, 9.17) is 5.84 Å². The summed E-state index contributed by atoms with van der Waals surface area (Å²) in [4.78, 5) is 18.7. The Labute approximate surface area is 155 Å². The first-order valence-electron chi connectivity index (χ1n) is 8.29. The molecule has 8 heteroatoms. The lowest BCUT2D eigenvalue weighted by Crippen LogP contribution is -2.37. The van der Waals surface area contributed by atoms with Crippen molar-refractivity contribution in [3.05, 3.63) is 54.4 Å². The highest BCUT2D eigenvalue weighted by molar-refractivity contribution is 7.99. The lowest BCUT2D eigenvalue weighted by Gasteiger charge is -2.22. The molecule has 1 amide bonds. The number of thioether (sulfide) groups is 1. The summed E-state index contributed by atoms with van der Waals surface area (Å²) in [6.45, 7) is 2.06. The fraction of sp³-hybridized carbons (Fsp3) is 0.222. The number of carbonyl (C=O) groups excluding carboxylic acids is 1. The number of para-hydroxylation sites is 1. The molecule has 1 atom stereocenters. The van der Waals surface area contributed by atoms with Crippen molar-refractivity contribution in [2.75, 3.05) is 16.5 Å². The number of anilines is 1. The number of hydrogen-bond donors (Lipinski definition) is 1. The smallest absolute Gasteiger partial charge is 0.237 e. The van der Waals surface area contributed by atoms with E-state index in [0.717, 1.165) is 17.7 Å². The average Bonchev–Trinajstić information content (AvgIpc) is 3.19. The molecule has 2 aromatic heterocycles. The molecule has 0 saturated carbocycles. The molecule has 1 aliphatic heterocycles. The standard InChI is InChI=1S/C18H18N6OS/c1-12-9-13-5-2-3-7-15(13)23(12)16(25)11-26-18-22-21-17(24(18)19)14-6-4-8-20-10-14/h2-8,10,12H,9,11,19H2,1H3/t12-/m1/s1. The first kappa shape index (κ1) is 16.6. The van der Waals surface area contributed by atoms with Gasteiger partial charge in [0.25, 0.3) is 0 Å². The number of carbonyl (C=O) groups is 1. The molecule has 3 heterocycles. The molecule has 0 saturated heterocycles. The molecular formula is C18H18N6OS. The molecule has 1 aromatic carbocycles. The lowest BCUT2D eigenvalue weighted by atomic mass is 10.1. The second kappa shape index (κ2) is 6.80. The molecule has 2 N–H and O–H groups in total. The molecular weight excluding hydrogens is 348 g/mol. The van der Waals surface area contributed by atoms with Crippen LogP contribution >= 0.6 is 11.8 Å². The summed E-state index contributed by atoms with van der Waals surface area (Å²) >= 11 is 1.29. The van der Waals surface area contributed by atoms with E-state index in [-0.39, 0.29) is 17.7 Å². The number of aromatic nitrogens is 4. The van der Waals surface area contributed by atoms with Gasteiger partial charge in [-0.15, -0.1) is 10.2 Å². The minimum absolute atomic E-state index is 0.0402. The fourth-order valence-electron chi connectivity index (χ4n) is 3.21. The van der Waals surface area contributed by atoms with Crippen molar-refractivity contribution in [3.63, 3.8) is 0 Å². The van der Waals surface area contributed by atoms with Crippen molar-refractivity contribution >= 4 is 23.4 Å². The number of pyridine rings is 1. The van der Waals surface area contributed by atoms with Gasteiger partial charge in [-0.25, -0.2) is 4.68 Å². The van der Waals surface area contributed by atoms with Crippen LogP contribution in [0, 0.1) is 0 Å². The summed E-state index contributed by atoms with van der Waals surface area (Å²) in [5.41, 5.74) is 2.98. The van der Waals surface area contributed by atoms with Crippen molar-refractivity contribution in [3.8, 4) is 11.4 Å². The number of fused-ring (bicyclic) bond motifs is 1. The van der Waals surface area contributed by atoms with E-state index in [9.17, 15) is 4.79 Å². The SMILES string of the molecule is C[C@@H]1Cc2ccccc2N1C(=O)CSc1nnc(-c2cccnc2)n1N. The number of rotatable bonds is 4. The van der Waals surface area contributed by atoms with Crippen LogP contribution in [0.1, 0.15) is 12.5 Å². The zero-order chi connectivity index (χ0) is 18.1. The third-order valence-electron chi connectivity index (χ3n) is 4.38. The third-order valence-corrected chi connectivity index (χ3v) is 5.31. The van der Waals surface area contributed by atoms with Crippen LogP contribution in [0.5, 0.6) is 0 Å². The molecule has 0 radical (unpaired) electrons. The highest BCUT2D eigenvalue weighted by atomic mass is 32.2. The van der Waals surface area contributed by atoms with Crippen LogP contribution in [0.25, 0.3) is 11.4 Å². The minimum atomic E-state index is 0.0402. The van der Waals surface area contributed by atoms with E-state index < -0.39 is 0 Å². The van der Waals surface area contributed by atoms with Crippen LogP contribution in [0.2, 0.25) is 0 Å². The largest absolute Gasteiger partial charge is 0.335 e. The van der Waals surface area contributed by atoms with Crippen LogP contribution < -0.4 is 10.7 Å². The van der Waals surface area contributed by atoms with Crippen LogP contribution in [0.4, 0.5) is 5.69 Å². The average molecular weight is 366 g/mol. The van der Waals surface area contributed by atoms with Crippen molar-refractivity contribution in [2.24, 2.45) is 0 Å². The first-order valence-corrected chi connectivity index (χ1v) is 9.27. The predicted molar refractivity (Wildman–Crippen MR) is 101 cm³/mol. The van der Waals surface area contributed by atoms with Crippen molar-refractivity contribution in [1.29, 1.82) is 0 Å². The fourth-order valence-corrected chi connectivity index (χ4v) is 3.92. The summed E-state index contributed by atoms with van der Waals surface area (Å²) in [5, 5.41) is 8.72. The molecule has 0 bridgehead atoms. The molecule has 0 fully saturated rings. The van der Waals surface area contributed by atoms with Gasteiger partial charge in [-0.3, -0.25) is 9.78 Å². The van der Waals surface area contributed by atoms with Crippen LogP contribution in [0.3, 0.4) is 0 Å². The quantitative estimate of drug-likeness (QED) is 0.562. The van der Waals surface area contributed by atoms with Gasteiger partial charge < -0.3 is 10.7 Å². The van der Waals surface area contributed by atoms with Crippen molar-refractivity contribution < 1.29 is 4.79 Å². The van der Waals surface area contributed by atoms with Gasteiger partial charge in [0.15, 0.2) is 5.82 Å². The van der Waals surface area contributed by atoms with Crippen molar-refractivity contribution in [2.45, 2.75) is 24.5 Å². The zero-order valence-electron chi connectivity index (χ0n) is 14.2. The van der Waals surface area contributed by atoms with Gasteiger partial charge in [-0.1, -0.05) is 30.0 Å². The zero-order valence-corrected chi connectivity index (χ0v) is 15.1. The van der Waals surface area contributed by atoms with E-state index in [1.807, 2.05) is 35.2 Å². The molecule has 0 aliphatic carbocycles. The van der Waals surface area contributed by atoms with Gasteiger partial charge >= 0.3 is 0 Å². The van der Waals surface area contributed by atoms with Crippen LogP contribution in [-0.4, -0.2) is 37.6 Å². The monoisotopic (exact) mass is 366 g/mol. The van der Waals surface area contributed by atoms with E-state index in [0.29, 0.717) is 11.0 Å². The van der Waals surface area contributed by atoms with Gasteiger partial charge in [0, 0.05) is 29.7 Å². The van der Waals surface area contributed by atoms with Crippen LogP contribution in [0.15, 0.2) is 53.9 Å². The minimum Gasteiger partial charge on any atom is -0.335 e. The summed E-state index contributed by atoms with van der Waals surface area (Å²) in [5.74, 6) is 6.91. The maximum Gasteiger partial charge on any atom is 0.237 e. The van der Waals surface area contributed by atoms with E-state index in [1.165, 1.54) is 22.0 Å². The number of nitrogen functional groups attached to an aromatic ring is 1. The predicted octanol–water partition coefficient (Wildman–Crippen LogP) is 2.12. The second-order valence-electron chi connectivity index (χ2n) is 6.15. The van der Waals surface area contributed by atoms with E-state index in [1.54, 1.807) is 12.4 Å². The molecule has 3 aromatic rings. The topological polar surface area (TPSA) is 89.9 Å². The lowest BCUT2D eigenvalue weighted by molar-refractivity contribution is -0.116. The Bertz CT molecular complexity index is 942. The van der Waals surface area contributed by atoms with Gasteiger partial charge in [-0.2, -0.15) is 0 Å². The molecule has 4 rings (SSSR count). The van der Waals surface area contributed by atoms with Crippen molar-refractivity contribution in [1.82, 2.24) is 19.9 Å².